The molecule has 6 heteroatoms. The fourth-order valence-electron chi connectivity index (χ4n) is 4.02. The van der Waals surface area contributed by atoms with Gasteiger partial charge in [-0.1, -0.05) is 48.5 Å². The molecular formula is C26H18O6. The third-order valence-electron chi connectivity index (χ3n) is 5.41. The van der Waals surface area contributed by atoms with Crippen molar-refractivity contribution in [2.24, 2.45) is 0 Å². The Balaban J connectivity index is 1.81. The monoisotopic (exact) mass is 426 g/mol. The van der Waals surface area contributed by atoms with E-state index in [-0.39, 0.29) is 0 Å². The number of ether oxygens (including phenoxy) is 4. The molecule has 0 unspecified atom stereocenters. The zero-order valence-electron chi connectivity index (χ0n) is 17.4. The second-order valence-corrected chi connectivity index (χ2v) is 7.20. The van der Waals surface area contributed by atoms with Gasteiger partial charge in [0.2, 0.25) is 0 Å². The van der Waals surface area contributed by atoms with E-state index < -0.39 is 11.9 Å². The van der Waals surface area contributed by atoms with Gasteiger partial charge in [0.05, 0.1) is 26.4 Å². The molecule has 6 nitrogen and oxygen atoms in total. The number of methoxy groups -OCH3 is 2. The number of carbonyl (C=O) groups is 2. The lowest BCUT2D eigenvalue weighted by Gasteiger charge is -2.14. The van der Waals surface area contributed by atoms with Crippen molar-refractivity contribution in [1.82, 2.24) is 0 Å². The Morgan fingerprint density at radius 3 is 1.28 bits per heavy atom. The first-order valence-corrected chi connectivity index (χ1v) is 9.91. The number of cyclic esters (lactones) is 2. The van der Waals surface area contributed by atoms with Gasteiger partial charge in [0.15, 0.2) is 23.0 Å². The van der Waals surface area contributed by atoms with Crippen LogP contribution in [0, 0.1) is 0 Å². The summed E-state index contributed by atoms with van der Waals surface area (Å²) in [5.74, 6) is 0.528. The van der Waals surface area contributed by atoms with Gasteiger partial charge >= 0.3 is 11.9 Å². The van der Waals surface area contributed by atoms with Crippen LogP contribution >= 0.6 is 0 Å². The minimum absolute atomic E-state index is 0.355. The molecule has 0 atom stereocenters. The number of hydrogen-bond donors (Lipinski definition) is 0. The molecule has 0 radical (unpaired) electrons. The summed E-state index contributed by atoms with van der Waals surface area (Å²) in [4.78, 5) is 23.6. The van der Waals surface area contributed by atoms with Gasteiger partial charge in [0.25, 0.3) is 0 Å². The highest BCUT2D eigenvalue weighted by atomic mass is 16.6. The van der Waals surface area contributed by atoms with Gasteiger partial charge in [-0.3, -0.25) is 0 Å². The summed E-state index contributed by atoms with van der Waals surface area (Å²) in [5, 5.41) is 3.76. The van der Waals surface area contributed by atoms with E-state index in [0.717, 1.165) is 32.7 Å². The number of benzene rings is 3. The fourth-order valence-corrected chi connectivity index (χ4v) is 4.02. The maximum absolute atomic E-state index is 11.8. The molecule has 0 aromatic heterocycles. The third kappa shape index (κ3) is 3.22. The van der Waals surface area contributed by atoms with Crippen LogP contribution in [0.3, 0.4) is 0 Å². The Hall–Kier alpha value is -4.32. The van der Waals surface area contributed by atoms with Gasteiger partial charge in [-0.15, -0.1) is 0 Å². The minimum atomic E-state index is -0.468. The maximum atomic E-state index is 11.8. The zero-order valence-corrected chi connectivity index (χ0v) is 17.4. The normalized spacial score (nSPS) is 18.2. The van der Waals surface area contributed by atoms with E-state index in [4.69, 9.17) is 18.9 Å². The van der Waals surface area contributed by atoms with Gasteiger partial charge < -0.3 is 18.9 Å². The smallest absolute Gasteiger partial charge is 0.340 e. The second-order valence-electron chi connectivity index (χ2n) is 7.20. The zero-order chi connectivity index (χ0) is 22.2. The molecule has 158 valence electrons. The predicted molar refractivity (Wildman–Crippen MR) is 120 cm³/mol. The summed E-state index contributed by atoms with van der Waals surface area (Å²) in [6.07, 6.45) is 6.28. The van der Waals surface area contributed by atoms with Crippen molar-refractivity contribution in [3.8, 4) is 0 Å². The third-order valence-corrected chi connectivity index (χ3v) is 5.41. The quantitative estimate of drug-likeness (QED) is 0.439. The number of esters is 2. The maximum Gasteiger partial charge on any atom is 0.340 e. The SMILES string of the molecule is COC1=CC(=O)O/C1=C\c1c2ccccc2c(/C=C2\OC(=O)C=C2OC)c2ccccc12. The van der Waals surface area contributed by atoms with Gasteiger partial charge in [0.1, 0.15) is 0 Å². The van der Waals surface area contributed by atoms with Crippen LogP contribution in [0.4, 0.5) is 0 Å². The van der Waals surface area contributed by atoms with E-state index in [9.17, 15) is 9.59 Å². The van der Waals surface area contributed by atoms with Gasteiger partial charge in [0, 0.05) is 0 Å². The molecule has 5 rings (SSSR count). The Morgan fingerprint density at radius 2 is 0.969 bits per heavy atom. The first kappa shape index (κ1) is 19.6. The Kier molecular flexibility index (Phi) is 4.75. The van der Waals surface area contributed by atoms with E-state index in [1.165, 1.54) is 26.4 Å². The predicted octanol–water partition coefficient (Wildman–Crippen LogP) is 4.85. The molecule has 0 spiro atoms. The minimum Gasteiger partial charge on any atom is -0.493 e. The van der Waals surface area contributed by atoms with E-state index in [1.807, 2.05) is 60.7 Å². The van der Waals surface area contributed by atoms with Crippen molar-refractivity contribution in [3.05, 3.63) is 94.8 Å². The number of carbonyl (C=O) groups excluding carboxylic acids is 2. The van der Waals surface area contributed by atoms with Crippen LogP contribution in [0.15, 0.2) is 83.7 Å². The number of rotatable bonds is 4. The van der Waals surface area contributed by atoms with Crippen LogP contribution in [0.2, 0.25) is 0 Å². The molecule has 3 aromatic carbocycles. The summed E-state index contributed by atoms with van der Waals surface area (Å²) < 4.78 is 21.3. The lowest BCUT2D eigenvalue weighted by molar-refractivity contribution is -0.133. The highest BCUT2D eigenvalue weighted by Crippen LogP contribution is 2.38. The fraction of sp³-hybridized carbons (Fsp3) is 0.0769. The Bertz CT molecular complexity index is 1260. The lowest BCUT2D eigenvalue weighted by Crippen LogP contribution is -1.96. The summed E-state index contributed by atoms with van der Waals surface area (Å²) in [7, 11) is 2.99. The van der Waals surface area contributed by atoms with E-state index in [2.05, 4.69) is 0 Å². The summed E-state index contributed by atoms with van der Waals surface area (Å²) in [6.45, 7) is 0. The molecule has 32 heavy (non-hydrogen) atoms. The van der Waals surface area contributed by atoms with Crippen LogP contribution in [-0.2, 0) is 28.5 Å². The molecule has 0 amide bonds. The van der Waals surface area contributed by atoms with Crippen LogP contribution < -0.4 is 0 Å². The van der Waals surface area contributed by atoms with Crippen LogP contribution in [0.5, 0.6) is 0 Å². The molecule has 2 aliphatic heterocycles. The molecule has 0 fully saturated rings. The van der Waals surface area contributed by atoms with Gasteiger partial charge in [-0.05, 0) is 44.8 Å². The second kappa shape index (κ2) is 7.74. The average molecular weight is 426 g/mol. The van der Waals surface area contributed by atoms with Crippen molar-refractivity contribution < 1.29 is 28.5 Å². The first-order valence-electron chi connectivity index (χ1n) is 9.91. The first-order chi connectivity index (χ1) is 15.6. The van der Waals surface area contributed by atoms with Crippen LogP contribution in [0.1, 0.15) is 11.1 Å². The average Bonchev–Trinajstić information content (AvgIpc) is 3.36. The molecule has 0 aliphatic carbocycles. The van der Waals surface area contributed by atoms with Crippen LogP contribution in [-0.4, -0.2) is 26.2 Å². The summed E-state index contributed by atoms with van der Waals surface area (Å²) in [5.41, 5.74) is 1.77. The van der Waals surface area contributed by atoms with Crippen molar-refractivity contribution in [2.45, 2.75) is 0 Å². The highest BCUT2D eigenvalue weighted by molar-refractivity contribution is 6.13. The molecule has 2 aliphatic rings. The van der Waals surface area contributed by atoms with Crippen molar-refractivity contribution in [3.63, 3.8) is 0 Å². The Morgan fingerprint density at radius 1 is 0.625 bits per heavy atom. The van der Waals surface area contributed by atoms with Crippen LogP contribution in [0.25, 0.3) is 33.7 Å². The molecule has 0 N–H and O–H groups in total. The molecule has 0 bridgehead atoms. The largest absolute Gasteiger partial charge is 0.493 e. The molecule has 3 aromatic rings. The number of hydrogen-bond acceptors (Lipinski definition) is 6. The van der Waals surface area contributed by atoms with E-state index >= 15 is 0 Å². The van der Waals surface area contributed by atoms with Gasteiger partial charge in [-0.2, -0.15) is 0 Å². The Labute approximate surface area is 183 Å². The molecule has 0 saturated heterocycles. The number of fused-ring (bicyclic) bond motifs is 2. The summed E-state index contributed by atoms with van der Waals surface area (Å²) >= 11 is 0. The molecule has 0 saturated carbocycles. The van der Waals surface area contributed by atoms with E-state index in [1.54, 1.807) is 0 Å². The molecule has 2 heterocycles. The van der Waals surface area contributed by atoms with Gasteiger partial charge in [-0.25, -0.2) is 9.59 Å². The lowest BCUT2D eigenvalue weighted by atomic mass is 9.91. The molecular weight excluding hydrogens is 408 g/mol. The van der Waals surface area contributed by atoms with Crippen molar-refractivity contribution in [2.75, 3.05) is 14.2 Å². The van der Waals surface area contributed by atoms with Crippen molar-refractivity contribution in [1.29, 1.82) is 0 Å². The summed E-state index contributed by atoms with van der Waals surface area (Å²) in [6, 6.07) is 15.8. The highest BCUT2D eigenvalue weighted by Gasteiger charge is 2.24. The topological polar surface area (TPSA) is 71.1 Å². The van der Waals surface area contributed by atoms with E-state index in [0.29, 0.717) is 23.0 Å². The standard InChI is InChI=1S/C26H18O6/c1-29-21-13-25(27)31-23(21)11-19-15-7-3-5-9-17(15)20(18-10-6-4-8-16(18)19)12-24-22(30-2)14-26(28)32-24/h3-14H,1-2H3/b23-11-,24-12-. The van der Waals surface area contributed by atoms with Crippen molar-refractivity contribution >= 4 is 45.6 Å².